The van der Waals surface area contributed by atoms with Gasteiger partial charge in [0.1, 0.15) is 0 Å². The number of aliphatic hydroxyl groups is 2. The number of hydrogen-bond donors (Lipinski definition) is 2. The van der Waals surface area contributed by atoms with Crippen LogP contribution in [0.2, 0.25) is 0 Å². The fourth-order valence-electron chi connectivity index (χ4n) is 1.74. The van der Waals surface area contributed by atoms with Crippen molar-refractivity contribution in [1.29, 1.82) is 0 Å². The Morgan fingerprint density at radius 3 is 2.61 bits per heavy atom. The molecule has 2 N–H and O–H groups in total. The van der Waals surface area contributed by atoms with E-state index in [2.05, 4.69) is 15.9 Å². The molecule has 0 spiro atoms. The molecule has 102 valence electrons. The molecule has 1 aromatic carbocycles. The van der Waals surface area contributed by atoms with Crippen molar-refractivity contribution in [3.63, 3.8) is 0 Å². The molecule has 0 fully saturated rings. The summed E-state index contributed by atoms with van der Waals surface area (Å²) in [5.74, 6) is 0. The van der Waals surface area contributed by atoms with E-state index in [1.54, 1.807) is 14.0 Å². The van der Waals surface area contributed by atoms with E-state index in [1.165, 1.54) is 0 Å². The fourth-order valence-corrected chi connectivity index (χ4v) is 2.44. The first-order valence-electron chi connectivity index (χ1n) is 5.92. The smallest absolute Gasteiger partial charge is 0.0772 e. The lowest BCUT2D eigenvalue weighted by atomic mass is 10.1. The number of ether oxygens (including phenoxy) is 1. The van der Waals surface area contributed by atoms with E-state index < -0.39 is 6.10 Å². The van der Waals surface area contributed by atoms with Gasteiger partial charge < -0.3 is 19.8 Å². The Bertz CT molecular complexity index is 371. The van der Waals surface area contributed by atoms with Crippen LogP contribution in [-0.2, 0) is 4.74 Å². The van der Waals surface area contributed by atoms with Gasteiger partial charge in [-0.1, -0.05) is 22.0 Å². The molecule has 0 bridgehead atoms. The first-order chi connectivity index (χ1) is 8.60. The molecule has 1 rings (SSSR count). The molecule has 0 aliphatic rings. The van der Waals surface area contributed by atoms with Crippen molar-refractivity contribution in [2.45, 2.75) is 13.0 Å². The molecule has 0 unspecified atom stereocenters. The predicted molar refractivity (Wildman–Crippen MR) is 76.0 cm³/mol. The summed E-state index contributed by atoms with van der Waals surface area (Å²) in [7, 11) is 1.66. The van der Waals surface area contributed by atoms with E-state index in [0.29, 0.717) is 13.2 Å². The lowest BCUT2D eigenvalue weighted by molar-refractivity contribution is 0.198. The minimum Gasteiger partial charge on any atom is -0.395 e. The third-order valence-corrected chi connectivity index (χ3v) is 3.42. The number of hydrogen-bond acceptors (Lipinski definition) is 4. The van der Waals surface area contributed by atoms with Crippen LogP contribution in [0.5, 0.6) is 0 Å². The van der Waals surface area contributed by atoms with Gasteiger partial charge in [-0.25, -0.2) is 0 Å². The highest BCUT2D eigenvalue weighted by Crippen LogP contribution is 2.28. The van der Waals surface area contributed by atoms with Gasteiger partial charge in [0, 0.05) is 30.4 Å². The van der Waals surface area contributed by atoms with Gasteiger partial charge in [-0.05, 0) is 24.6 Å². The summed E-state index contributed by atoms with van der Waals surface area (Å²) in [6.07, 6.45) is -0.501. The van der Waals surface area contributed by atoms with E-state index in [9.17, 15) is 5.11 Å². The van der Waals surface area contributed by atoms with Crippen molar-refractivity contribution in [3.8, 4) is 0 Å². The maximum atomic E-state index is 9.58. The zero-order chi connectivity index (χ0) is 13.5. The zero-order valence-electron chi connectivity index (χ0n) is 10.8. The molecule has 0 aliphatic carbocycles. The number of rotatable bonds is 7. The second-order valence-electron chi connectivity index (χ2n) is 4.09. The Balaban J connectivity index is 2.88. The summed E-state index contributed by atoms with van der Waals surface area (Å²) >= 11 is 3.45. The minimum atomic E-state index is -0.501. The van der Waals surface area contributed by atoms with E-state index in [-0.39, 0.29) is 6.61 Å². The summed E-state index contributed by atoms with van der Waals surface area (Å²) in [6, 6.07) is 5.78. The van der Waals surface area contributed by atoms with Crippen molar-refractivity contribution in [2.75, 3.05) is 38.3 Å². The zero-order valence-corrected chi connectivity index (χ0v) is 12.4. The minimum absolute atomic E-state index is 0.0967. The molecular weight excluding hydrogens is 298 g/mol. The molecule has 0 aliphatic heterocycles. The van der Waals surface area contributed by atoms with Crippen molar-refractivity contribution >= 4 is 21.6 Å². The Morgan fingerprint density at radius 2 is 2.11 bits per heavy atom. The molecule has 4 nitrogen and oxygen atoms in total. The van der Waals surface area contributed by atoms with Crippen molar-refractivity contribution in [3.05, 3.63) is 28.2 Å². The highest BCUT2D eigenvalue weighted by Gasteiger charge is 2.10. The van der Waals surface area contributed by atoms with Crippen molar-refractivity contribution in [1.82, 2.24) is 0 Å². The molecule has 1 aromatic rings. The summed E-state index contributed by atoms with van der Waals surface area (Å²) in [6.45, 7) is 3.72. The number of halogens is 1. The maximum absolute atomic E-state index is 9.58. The van der Waals surface area contributed by atoms with Crippen molar-refractivity contribution in [2.24, 2.45) is 0 Å². The van der Waals surface area contributed by atoms with Crippen LogP contribution in [-0.4, -0.2) is 43.6 Å². The van der Waals surface area contributed by atoms with Gasteiger partial charge in [0.05, 0.1) is 19.3 Å². The molecule has 0 aromatic heterocycles. The Labute approximate surface area is 116 Å². The predicted octanol–water partition coefficient (Wildman–Crippen LogP) is 1.95. The first-order valence-corrected chi connectivity index (χ1v) is 6.71. The monoisotopic (exact) mass is 317 g/mol. The lowest BCUT2D eigenvalue weighted by Crippen LogP contribution is -2.30. The van der Waals surface area contributed by atoms with E-state index in [0.717, 1.165) is 22.3 Å². The van der Waals surface area contributed by atoms with Gasteiger partial charge in [-0.2, -0.15) is 0 Å². The van der Waals surface area contributed by atoms with Gasteiger partial charge in [0.25, 0.3) is 0 Å². The van der Waals surface area contributed by atoms with Gasteiger partial charge in [-0.15, -0.1) is 0 Å². The van der Waals surface area contributed by atoms with Crippen LogP contribution < -0.4 is 4.90 Å². The number of aliphatic hydroxyl groups excluding tert-OH is 2. The molecule has 0 radical (unpaired) electrons. The summed E-state index contributed by atoms with van der Waals surface area (Å²) < 4.78 is 5.93. The molecule has 18 heavy (non-hydrogen) atoms. The number of nitrogens with zero attached hydrogens (tertiary/aromatic N) is 1. The highest BCUT2D eigenvalue weighted by molar-refractivity contribution is 9.10. The standard InChI is InChI=1S/C13H20BrNO3/c1-10(17)12-4-3-11(9-13(12)14)15(5-7-16)6-8-18-2/h3-4,9-10,16-17H,5-8H2,1-2H3/t10-/m1/s1. The average molecular weight is 318 g/mol. The molecule has 0 heterocycles. The number of anilines is 1. The van der Waals surface area contributed by atoms with Crippen LogP contribution >= 0.6 is 15.9 Å². The van der Waals surface area contributed by atoms with Crippen molar-refractivity contribution < 1.29 is 14.9 Å². The van der Waals surface area contributed by atoms with Crippen LogP contribution in [0.3, 0.4) is 0 Å². The first kappa shape index (κ1) is 15.4. The molecule has 0 saturated carbocycles. The van der Waals surface area contributed by atoms with Crippen LogP contribution in [0.15, 0.2) is 22.7 Å². The van der Waals surface area contributed by atoms with Gasteiger partial charge >= 0.3 is 0 Å². The quantitative estimate of drug-likeness (QED) is 0.807. The van der Waals surface area contributed by atoms with Gasteiger partial charge in [0.15, 0.2) is 0 Å². The second kappa shape index (κ2) is 7.74. The Hall–Kier alpha value is -0.620. The highest BCUT2D eigenvalue weighted by atomic mass is 79.9. The average Bonchev–Trinajstić information content (AvgIpc) is 2.33. The number of methoxy groups -OCH3 is 1. The topological polar surface area (TPSA) is 52.9 Å². The molecule has 0 saturated heterocycles. The largest absolute Gasteiger partial charge is 0.395 e. The summed E-state index contributed by atoms with van der Waals surface area (Å²) in [5.41, 5.74) is 1.85. The van der Waals surface area contributed by atoms with Crippen LogP contribution in [0.4, 0.5) is 5.69 Å². The van der Waals surface area contributed by atoms with E-state index in [4.69, 9.17) is 9.84 Å². The van der Waals surface area contributed by atoms with Gasteiger partial charge in [0.2, 0.25) is 0 Å². The van der Waals surface area contributed by atoms with E-state index in [1.807, 2.05) is 23.1 Å². The summed E-state index contributed by atoms with van der Waals surface area (Å²) in [5, 5.41) is 18.7. The molecule has 0 amide bonds. The Kier molecular flexibility index (Phi) is 6.63. The third kappa shape index (κ3) is 4.24. The van der Waals surface area contributed by atoms with Crippen LogP contribution in [0, 0.1) is 0 Å². The molecular formula is C13H20BrNO3. The summed E-state index contributed by atoms with van der Waals surface area (Å²) in [4.78, 5) is 2.04. The van der Waals surface area contributed by atoms with Gasteiger partial charge in [-0.3, -0.25) is 0 Å². The SMILES string of the molecule is COCCN(CCO)c1ccc([C@@H](C)O)c(Br)c1. The van der Waals surface area contributed by atoms with E-state index >= 15 is 0 Å². The lowest BCUT2D eigenvalue weighted by Gasteiger charge is -2.24. The second-order valence-corrected chi connectivity index (χ2v) is 4.94. The normalized spacial score (nSPS) is 12.5. The third-order valence-electron chi connectivity index (χ3n) is 2.73. The maximum Gasteiger partial charge on any atom is 0.0772 e. The Morgan fingerprint density at radius 1 is 1.39 bits per heavy atom. The number of benzene rings is 1. The van der Waals surface area contributed by atoms with Crippen LogP contribution in [0.25, 0.3) is 0 Å². The fraction of sp³-hybridized carbons (Fsp3) is 0.538. The van der Waals surface area contributed by atoms with Crippen LogP contribution in [0.1, 0.15) is 18.6 Å². The molecule has 5 heteroatoms. The molecule has 1 atom stereocenters.